The monoisotopic (exact) mass is 482 g/mol. The number of aliphatic hydroxyl groups is 3. The number of hydrogen-bond acceptors (Lipinski definition) is 7. The van der Waals surface area contributed by atoms with Crippen molar-refractivity contribution < 1.29 is 35.1 Å². The number of fused-ring (bicyclic) bond motifs is 1. The molecular formula is C28H34O7. The molecular weight excluding hydrogens is 448 g/mol. The third-order valence-corrected chi connectivity index (χ3v) is 6.31. The number of Topliss-reactive ketones (excluding diaryl/α,β-unsaturated/α-hetero) is 1. The Labute approximate surface area is 205 Å². The van der Waals surface area contributed by atoms with E-state index in [0.29, 0.717) is 37.0 Å². The van der Waals surface area contributed by atoms with E-state index in [1.54, 1.807) is 18.2 Å². The number of carbonyl (C=O) groups is 1. The molecule has 0 aliphatic heterocycles. The summed E-state index contributed by atoms with van der Waals surface area (Å²) in [5.41, 5.74) is 2.28. The van der Waals surface area contributed by atoms with Gasteiger partial charge in [0.25, 0.3) is 0 Å². The number of aryl methyl sites for hydroxylation is 1. The lowest BCUT2D eigenvalue weighted by molar-refractivity contribution is -0.121. The fraction of sp³-hybridized carbons (Fsp3) is 0.393. The van der Waals surface area contributed by atoms with E-state index in [1.165, 1.54) is 13.2 Å². The first-order valence-corrected chi connectivity index (χ1v) is 11.9. The number of phenolic OH excluding ortho intramolecular Hbond substituents is 2. The Bertz CT molecular complexity index is 1140. The second-order valence-electron chi connectivity index (χ2n) is 8.95. The fourth-order valence-corrected chi connectivity index (χ4v) is 4.50. The molecule has 7 heteroatoms. The van der Waals surface area contributed by atoms with Crippen molar-refractivity contribution in [1.29, 1.82) is 0 Å². The third kappa shape index (κ3) is 6.94. The molecule has 2 unspecified atom stereocenters. The first-order valence-electron chi connectivity index (χ1n) is 11.9. The molecule has 0 saturated carbocycles. The third-order valence-electron chi connectivity index (χ3n) is 6.31. The second kappa shape index (κ2) is 12.5. The molecule has 3 aromatic rings. The van der Waals surface area contributed by atoms with Crippen LogP contribution in [0.5, 0.6) is 17.2 Å². The normalized spacial score (nSPS) is 13.0. The molecule has 0 amide bonds. The molecule has 5 N–H and O–H groups in total. The van der Waals surface area contributed by atoms with Crippen LogP contribution in [0.25, 0.3) is 21.9 Å². The molecule has 0 saturated heterocycles. The Morgan fingerprint density at radius 2 is 1.77 bits per heavy atom. The largest absolute Gasteiger partial charge is 0.508 e. The van der Waals surface area contributed by atoms with Crippen molar-refractivity contribution in [3.63, 3.8) is 0 Å². The van der Waals surface area contributed by atoms with Crippen molar-refractivity contribution in [2.45, 2.75) is 44.6 Å². The molecule has 188 valence electrons. The van der Waals surface area contributed by atoms with Gasteiger partial charge in [-0.2, -0.15) is 0 Å². The maximum atomic E-state index is 12.6. The lowest BCUT2D eigenvalue weighted by Crippen LogP contribution is -2.20. The van der Waals surface area contributed by atoms with Gasteiger partial charge < -0.3 is 30.3 Å². The van der Waals surface area contributed by atoms with Gasteiger partial charge in [-0.05, 0) is 77.8 Å². The molecule has 35 heavy (non-hydrogen) atoms. The predicted molar refractivity (Wildman–Crippen MR) is 135 cm³/mol. The van der Waals surface area contributed by atoms with Gasteiger partial charge in [-0.3, -0.25) is 4.79 Å². The highest BCUT2D eigenvalue weighted by molar-refractivity contribution is 5.90. The summed E-state index contributed by atoms with van der Waals surface area (Å²) in [7, 11) is 1.48. The van der Waals surface area contributed by atoms with Gasteiger partial charge in [-0.1, -0.05) is 24.3 Å². The van der Waals surface area contributed by atoms with Crippen LogP contribution in [0.1, 0.15) is 37.7 Å². The molecule has 7 nitrogen and oxygen atoms in total. The SMILES string of the molecule is COc1c(O)ccc(CCC(=O)CC(O)CC(CO)CCCO)c1-c1ccc2ccc(O)cc2c1. The summed E-state index contributed by atoms with van der Waals surface area (Å²) >= 11 is 0. The second-order valence-corrected chi connectivity index (χ2v) is 8.95. The van der Waals surface area contributed by atoms with Crippen LogP contribution >= 0.6 is 0 Å². The first kappa shape index (κ1) is 26.5. The summed E-state index contributed by atoms with van der Waals surface area (Å²) in [6.45, 7) is -0.0617. The van der Waals surface area contributed by atoms with Crippen LogP contribution < -0.4 is 4.74 Å². The molecule has 0 aliphatic carbocycles. The fourth-order valence-electron chi connectivity index (χ4n) is 4.50. The van der Waals surface area contributed by atoms with Crippen molar-refractivity contribution in [3.8, 4) is 28.4 Å². The smallest absolute Gasteiger partial charge is 0.168 e. The average molecular weight is 483 g/mol. The average Bonchev–Trinajstić information content (AvgIpc) is 2.84. The maximum Gasteiger partial charge on any atom is 0.168 e. The van der Waals surface area contributed by atoms with Crippen LogP contribution in [0.2, 0.25) is 0 Å². The van der Waals surface area contributed by atoms with Gasteiger partial charge in [0.2, 0.25) is 0 Å². The zero-order chi connectivity index (χ0) is 25.4. The van der Waals surface area contributed by atoms with Crippen molar-refractivity contribution >= 4 is 16.6 Å². The van der Waals surface area contributed by atoms with E-state index in [2.05, 4.69) is 0 Å². The highest BCUT2D eigenvalue weighted by Gasteiger charge is 2.20. The summed E-state index contributed by atoms with van der Waals surface area (Å²) in [5.74, 6) is 0.204. The van der Waals surface area contributed by atoms with Crippen molar-refractivity contribution in [3.05, 3.63) is 54.1 Å². The Morgan fingerprint density at radius 1 is 1.00 bits per heavy atom. The van der Waals surface area contributed by atoms with Crippen LogP contribution in [-0.2, 0) is 11.2 Å². The van der Waals surface area contributed by atoms with E-state index in [-0.39, 0.29) is 49.3 Å². The minimum absolute atomic E-state index is 0.00454. The number of aliphatic hydroxyl groups excluding tert-OH is 3. The van der Waals surface area contributed by atoms with E-state index >= 15 is 0 Å². The summed E-state index contributed by atoms with van der Waals surface area (Å²) in [6, 6.07) is 14.2. The number of rotatable bonds is 13. The number of hydrogen-bond donors (Lipinski definition) is 5. The molecule has 3 rings (SSSR count). The van der Waals surface area contributed by atoms with Crippen LogP contribution in [0.3, 0.4) is 0 Å². The minimum Gasteiger partial charge on any atom is -0.508 e. The first-order chi connectivity index (χ1) is 16.9. The zero-order valence-corrected chi connectivity index (χ0v) is 20.0. The van der Waals surface area contributed by atoms with Crippen molar-refractivity contribution in [2.75, 3.05) is 20.3 Å². The molecule has 0 fully saturated rings. The summed E-state index contributed by atoms with van der Waals surface area (Å²) in [6.07, 6.45) is 1.20. The summed E-state index contributed by atoms with van der Waals surface area (Å²) in [4.78, 5) is 12.6. The number of benzene rings is 3. The molecule has 3 aromatic carbocycles. The van der Waals surface area contributed by atoms with Gasteiger partial charge >= 0.3 is 0 Å². The predicted octanol–water partition coefficient (Wildman–Crippen LogP) is 3.95. The number of ether oxygens (including phenoxy) is 1. The van der Waals surface area contributed by atoms with E-state index in [0.717, 1.165) is 21.9 Å². The maximum absolute atomic E-state index is 12.6. The van der Waals surface area contributed by atoms with Gasteiger partial charge in [0, 0.05) is 31.6 Å². The Hall–Kier alpha value is -3.13. The number of aromatic hydroxyl groups is 2. The Morgan fingerprint density at radius 3 is 2.49 bits per heavy atom. The van der Waals surface area contributed by atoms with Crippen LogP contribution in [-0.4, -0.2) is 57.7 Å². The summed E-state index contributed by atoms with van der Waals surface area (Å²) in [5, 5.41) is 50.8. The lowest BCUT2D eigenvalue weighted by Gasteiger charge is -2.18. The van der Waals surface area contributed by atoms with Gasteiger partial charge in [-0.25, -0.2) is 0 Å². The highest BCUT2D eigenvalue weighted by atomic mass is 16.5. The van der Waals surface area contributed by atoms with E-state index in [1.807, 2.05) is 24.3 Å². The lowest BCUT2D eigenvalue weighted by atomic mass is 9.91. The molecule has 0 bridgehead atoms. The van der Waals surface area contributed by atoms with Crippen LogP contribution in [0.15, 0.2) is 48.5 Å². The van der Waals surface area contributed by atoms with E-state index < -0.39 is 6.10 Å². The number of carbonyl (C=O) groups excluding carboxylic acids is 1. The topological polar surface area (TPSA) is 127 Å². The van der Waals surface area contributed by atoms with Gasteiger partial charge in [0.1, 0.15) is 11.5 Å². The Kier molecular flexibility index (Phi) is 9.48. The molecule has 0 heterocycles. The molecule has 2 atom stereocenters. The number of phenols is 2. The van der Waals surface area contributed by atoms with E-state index in [9.17, 15) is 25.2 Å². The quantitative estimate of drug-likeness (QED) is 0.250. The van der Waals surface area contributed by atoms with E-state index in [4.69, 9.17) is 9.84 Å². The molecule has 0 aromatic heterocycles. The van der Waals surface area contributed by atoms with Gasteiger partial charge in [-0.15, -0.1) is 0 Å². The van der Waals surface area contributed by atoms with Crippen LogP contribution in [0.4, 0.5) is 0 Å². The number of methoxy groups -OCH3 is 1. The van der Waals surface area contributed by atoms with Gasteiger partial charge in [0.15, 0.2) is 11.5 Å². The minimum atomic E-state index is -0.847. The number of ketones is 1. The molecule has 0 radical (unpaired) electrons. The highest BCUT2D eigenvalue weighted by Crippen LogP contribution is 2.41. The van der Waals surface area contributed by atoms with Crippen LogP contribution in [0, 0.1) is 5.92 Å². The Balaban J connectivity index is 1.78. The zero-order valence-electron chi connectivity index (χ0n) is 20.0. The molecule has 0 aliphatic rings. The van der Waals surface area contributed by atoms with Gasteiger partial charge in [0.05, 0.1) is 13.2 Å². The summed E-state index contributed by atoms with van der Waals surface area (Å²) < 4.78 is 5.50. The van der Waals surface area contributed by atoms with Crippen molar-refractivity contribution in [1.82, 2.24) is 0 Å². The molecule has 0 spiro atoms. The standard InChI is InChI=1S/C28H34O7/c1-35-28-26(34)11-8-20(7-10-24(32)16-25(33)13-18(17-30)3-2-12-29)27(28)21-5-4-19-6-9-23(31)15-22(19)14-21/h4-6,8-9,11,14-15,18,25,29-31,33-34H,2-3,7,10,12-13,16-17H2,1H3. The van der Waals surface area contributed by atoms with Crippen molar-refractivity contribution in [2.24, 2.45) is 5.92 Å².